The Morgan fingerprint density at radius 2 is 1.81 bits per heavy atom. The highest BCUT2D eigenvalue weighted by Crippen LogP contribution is 2.43. The number of carbonyl (C=O) groups is 2. The summed E-state index contributed by atoms with van der Waals surface area (Å²) in [6.07, 6.45) is -3.34. The Labute approximate surface area is 155 Å². The summed E-state index contributed by atoms with van der Waals surface area (Å²) in [5.74, 6) is -0.262. The number of hydrogen-bond donors (Lipinski definition) is 0. The van der Waals surface area contributed by atoms with Crippen LogP contribution in [0.2, 0.25) is 0 Å². The molecule has 0 N–H and O–H groups in total. The third-order valence-corrected chi connectivity index (χ3v) is 4.89. The second kappa shape index (κ2) is 7.40. The number of alkyl halides is 3. The largest absolute Gasteiger partial charge is 0.450 e. The van der Waals surface area contributed by atoms with Crippen molar-refractivity contribution in [1.82, 2.24) is 19.6 Å². The van der Waals surface area contributed by atoms with Crippen LogP contribution in [0.3, 0.4) is 0 Å². The van der Waals surface area contributed by atoms with Gasteiger partial charge in [-0.3, -0.25) is 9.48 Å². The van der Waals surface area contributed by atoms with Gasteiger partial charge < -0.3 is 14.5 Å². The summed E-state index contributed by atoms with van der Waals surface area (Å²) in [4.78, 5) is 27.6. The summed E-state index contributed by atoms with van der Waals surface area (Å²) in [5, 5.41) is 3.69. The number of hydrogen-bond acceptors (Lipinski definition) is 4. The highest BCUT2D eigenvalue weighted by Gasteiger charge is 2.40. The quantitative estimate of drug-likeness (QED) is 0.795. The molecule has 1 unspecified atom stereocenters. The predicted octanol–water partition coefficient (Wildman–Crippen LogP) is 2.64. The molecule has 0 radical (unpaired) electrons. The maximum atomic E-state index is 13.0. The van der Waals surface area contributed by atoms with E-state index in [0.29, 0.717) is 31.9 Å². The Morgan fingerprint density at radius 1 is 1.22 bits per heavy atom. The van der Waals surface area contributed by atoms with E-state index in [1.54, 1.807) is 18.7 Å². The number of amides is 2. The van der Waals surface area contributed by atoms with E-state index in [-0.39, 0.29) is 18.4 Å². The molecule has 0 bridgehead atoms. The van der Waals surface area contributed by atoms with Crippen LogP contribution in [0.15, 0.2) is 6.07 Å². The van der Waals surface area contributed by atoms with E-state index in [1.807, 2.05) is 0 Å². The van der Waals surface area contributed by atoms with Crippen molar-refractivity contribution in [3.05, 3.63) is 17.5 Å². The number of piperazine rings is 1. The average Bonchev–Trinajstić information content (AvgIpc) is 3.37. The molecular formula is C17H23F3N4O3. The zero-order valence-corrected chi connectivity index (χ0v) is 15.3. The second-order valence-corrected chi connectivity index (χ2v) is 6.86. The van der Waals surface area contributed by atoms with Gasteiger partial charge in [-0.25, -0.2) is 4.79 Å². The average molecular weight is 388 g/mol. The summed E-state index contributed by atoms with van der Waals surface area (Å²) in [6, 6.07) is 0.228. The van der Waals surface area contributed by atoms with Crippen LogP contribution < -0.4 is 0 Å². The molecule has 10 heteroatoms. The molecule has 3 rings (SSSR count). The summed E-state index contributed by atoms with van der Waals surface area (Å²) in [7, 11) is 0. The molecule has 7 nitrogen and oxygen atoms in total. The summed E-state index contributed by atoms with van der Waals surface area (Å²) in [6.45, 7) is 4.86. The molecular weight excluding hydrogens is 365 g/mol. The molecule has 2 amide bonds. The molecule has 150 valence electrons. The van der Waals surface area contributed by atoms with Crippen LogP contribution in [0.25, 0.3) is 0 Å². The van der Waals surface area contributed by atoms with Crippen molar-refractivity contribution < 1.29 is 27.5 Å². The fourth-order valence-corrected chi connectivity index (χ4v) is 3.23. The van der Waals surface area contributed by atoms with Gasteiger partial charge in [-0.1, -0.05) is 0 Å². The lowest BCUT2D eigenvalue weighted by molar-refractivity contribution is -0.142. The van der Waals surface area contributed by atoms with Gasteiger partial charge in [-0.15, -0.1) is 0 Å². The van der Waals surface area contributed by atoms with E-state index >= 15 is 0 Å². The van der Waals surface area contributed by atoms with Gasteiger partial charge in [0.2, 0.25) is 5.91 Å². The van der Waals surface area contributed by atoms with Gasteiger partial charge in [0.25, 0.3) is 0 Å². The van der Waals surface area contributed by atoms with Crippen LogP contribution in [0.1, 0.15) is 50.0 Å². The number of rotatable bonds is 4. The van der Waals surface area contributed by atoms with Gasteiger partial charge in [0.1, 0.15) is 6.04 Å². The first-order valence-corrected chi connectivity index (χ1v) is 9.09. The molecule has 2 fully saturated rings. The lowest BCUT2D eigenvalue weighted by Crippen LogP contribution is -2.52. The molecule has 0 spiro atoms. The van der Waals surface area contributed by atoms with Gasteiger partial charge in [0, 0.05) is 37.8 Å². The van der Waals surface area contributed by atoms with Gasteiger partial charge in [-0.2, -0.15) is 18.3 Å². The van der Waals surface area contributed by atoms with Crippen LogP contribution in [0.5, 0.6) is 0 Å². The molecule has 2 aliphatic rings. The van der Waals surface area contributed by atoms with Crippen molar-refractivity contribution in [3.63, 3.8) is 0 Å². The van der Waals surface area contributed by atoms with E-state index in [1.165, 1.54) is 9.58 Å². The third kappa shape index (κ3) is 4.19. The Morgan fingerprint density at radius 3 is 2.33 bits per heavy atom. The smallest absolute Gasteiger partial charge is 0.435 e. The third-order valence-electron chi connectivity index (χ3n) is 4.89. The normalized spacial score (nSPS) is 19.1. The number of aromatic nitrogens is 2. The van der Waals surface area contributed by atoms with Crippen molar-refractivity contribution in [2.45, 2.75) is 44.8 Å². The zero-order valence-electron chi connectivity index (χ0n) is 15.3. The van der Waals surface area contributed by atoms with E-state index in [9.17, 15) is 22.8 Å². The molecule has 1 atom stereocenters. The Bertz CT molecular complexity index is 707. The number of nitrogens with zero attached hydrogens (tertiary/aromatic N) is 4. The van der Waals surface area contributed by atoms with Gasteiger partial charge in [0.05, 0.1) is 6.61 Å². The number of carbonyl (C=O) groups excluding carboxylic acids is 2. The Kier molecular flexibility index (Phi) is 5.34. The minimum Gasteiger partial charge on any atom is -0.450 e. The maximum Gasteiger partial charge on any atom is 0.435 e. The minimum absolute atomic E-state index is 0.0320. The number of halogens is 3. The van der Waals surface area contributed by atoms with Crippen molar-refractivity contribution in [3.8, 4) is 0 Å². The van der Waals surface area contributed by atoms with Crippen LogP contribution in [0.4, 0.5) is 18.0 Å². The first-order chi connectivity index (χ1) is 12.7. The van der Waals surface area contributed by atoms with Crippen LogP contribution in [-0.4, -0.2) is 64.4 Å². The maximum absolute atomic E-state index is 13.0. The van der Waals surface area contributed by atoms with Crippen LogP contribution in [0, 0.1) is 0 Å². The Balaban J connectivity index is 1.69. The standard InChI is InChI=1S/C17H23F3N4O3/c1-3-27-16(26)23-8-6-22(7-9-23)15(25)11(2)24-13(12-4-5-12)10-14(21-24)17(18,19)20/h10-12H,3-9H2,1-2H3. The highest BCUT2D eigenvalue weighted by molar-refractivity contribution is 5.80. The summed E-state index contributed by atoms with van der Waals surface area (Å²) < 4.78 is 45.3. The van der Waals surface area contributed by atoms with Gasteiger partial charge >= 0.3 is 12.3 Å². The molecule has 1 aliphatic heterocycles. The Hall–Kier alpha value is -2.26. The fraction of sp³-hybridized carbons (Fsp3) is 0.706. The number of ether oxygens (including phenoxy) is 1. The molecule has 1 aromatic rings. The van der Waals surface area contributed by atoms with Crippen molar-refractivity contribution in [2.75, 3.05) is 32.8 Å². The zero-order chi connectivity index (χ0) is 19.8. The first kappa shape index (κ1) is 19.5. The minimum atomic E-state index is -4.54. The van der Waals surface area contributed by atoms with E-state index in [0.717, 1.165) is 18.9 Å². The van der Waals surface area contributed by atoms with Crippen LogP contribution in [-0.2, 0) is 15.7 Å². The monoisotopic (exact) mass is 388 g/mol. The van der Waals surface area contributed by atoms with Gasteiger partial charge in [0.15, 0.2) is 5.69 Å². The SMILES string of the molecule is CCOC(=O)N1CCN(C(=O)C(C)n2nc(C(F)(F)F)cc2C2CC2)CC1. The molecule has 1 aromatic heterocycles. The molecule has 2 heterocycles. The molecule has 1 aliphatic carbocycles. The molecule has 1 saturated carbocycles. The summed E-state index contributed by atoms with van der Waals surface area (Å²) in [5.41, 5.74) is -0.496. The lowest BCUT2D eigenvalue weighted by atomic mass is 10.2. The van der Waals surface area contributed by atoms with E-state index < -0.39 is 24.0 Å². The van der Waals surface area contributed by atoms with Crippen molar-refractivity contribution in [2.24, 2.45) is 0 Å². The fourth-order valence-electron chi connectivity index (χ4n) is 3.23. The summed E-state index contributed by atoms with van der Waals surface area (Å²) >= 11 is 0. The van der Waals surface area contributed by atoms with Crippen molar-refractivity contribution in [1.29, 1.82) is 0 Å². The second-order valence-electron chi connectivity index (χ2n) is 6.86. The van der Waals surface area contributed by atoms with E-state index in [4.69, 9.17) is 4.74 Å². The van der Waals surface area contributed by atoms with Crippen molar-refractivity contribution >= 4 is 12.0 Å². The molecule has 0 aromatic carbocycles. The van der Waals surface area contributed by atoms with E-state index in [2.05, 4.69) is 5.10 Å². The predicted molar refractivity (Wildman–Crippen MR) is 89.1 cm³/mol. The first-order valence-electron chi connectivity index (χ1n) is 9.09. The molecule has 1 saturated heterocycles. The highest BCUT2D eigenvalue weighted by atomic mass is 19.4. The topological polar surface area (TPSA) is 67.7 Å². The van der Waals surface area contributed by atoms with Gasteiger partial charge in [-0.05, 0) is 32.8 Å². The van der Waals surface area contributed by atoms with Crippen LogP contribution >= 0.6 is 0 Å². The lowest BCUT2D eigenvalue weighted by Gasteiger charge is -2.35. The molecule has 27 heavy (non-hydrogen) atoms.